The van der Waals surface area contributed by atoms with Crippen LogP contribution in [0, 0.1) is 5.41 Å². The minimum Gasteiger partial charge on any atom is -0.460 e. The van der Waals surface area contributed by atoms with Gasteiger partial charge in [-0.25, -0.2) is 15.0 Å². The molecule has 0 radical (unpaired) electrons. The first-order valence-corrected chi connectivity index (χ1v) is 14.2. The summed E-state index contributed by atoms with van der Waals surface area (Å²) in [5, 5.41) is 4.11. The molecule has 1 saturated carbocycles. The number of ether oxygens (including phenoxy) is 2. The van der Waals surface area contributed by atoms with Gasteiger partial charge in [0.1, 0.15) is 11.9 Å². The summed E-state index contributed by atoms with van der Waals surface area (Å²) >= 11 is 1.55. The first-order valence-electron chi connectivity index (χ1n) is 13.4. The van der Waals surface area contributed by atoms with Gasteiger partial charge in [0.2, 0.25) is 0 Å². The van der Waals surface area contributed by atoms with Crippen LogP contribution < -0.4 is 10.1 Å². The van der Waals surface area contributed by atoms with Gasteiger partial charge < -0.3 is 19.7 Å². The molecule has 5 heterocycles. The number of piperazine rings is 1. The average Bonchev–Trinajstić information content (AvgIpc) is 3.39. The Labute approximate surface area is 222 Å². The summed E-state index contributed by atoms with van der Waals surface area (Å²) in [7, 11) is 0. The maximum Gasteiger partial charge on any atom is 0.317 e. The van der Waals surface area contributed by atoms with Gasteiger partial charge in [-0.05, 0) is 49.9 Å². The van der Waals surface area contributed by atoms with Crippen molar-refractivity contribution < 1.29 is 9.47 Å². The Balaban J connectivity index is 1.02. The van der Waals surface area contributed by atoms with Crippen LogP contribution in [0.1, 0.15) is 38.2 Å². The topological polar surface area (TPSA) is 88.5 Å². The molecule has 0 unspecified atom stereocenters. The van der Waals surface area contributed by atoms with Crippen molar-refractivity contribution in [3.05, 3.63) is 42.4 Å². The summed E-state index contributed by atoms with van der Waals surface area (Å²) in [6, 6.07) is 6.52. The fourth-order valence-electron chi connectivity index (χ4n) is 5.36. The fourth-order valence-corrected chi connectivity index (χ4v) is 6.15. The van der Waals surface area contributed by atoms with Crippen LogP contribution in [0.4, 0.5) is 10.9 Å². The van der Waals surface area contributed by atoms with E-state index in [2.05, 4.69) is 48.0 Å². The van der Waals surface area contributed by atoms with Gasteiger partial charge in [-0.1, -0.05) is 24.3 Å². The third-order valence-electron chi connectivity index (χ3n) is 7.85. The van der Waals surface area contributed by atoms with Crippen molar-refractivity contribution >= 4 is 22.3 Å². The zero-order chi connectivity index (χ0) is 25.1. The van der Waals surface area contributed by atoms with Crippen LogP contribution in [0.15, 0.2) is 36.8 Å². The van der Waals surface area contributed by atoms with E-state index in [4.69, 9.17) is 9.47 Å². The Hall–Kier alpha value is -2.66. The largest absolute Gasteiger partial charge is 0.460 e. The van der Waals surface area contributed by atoms with Crippen LogP contribution >= 0.6 is 11.3 Å². The van der Waals surface area contributed by atoms with Crippen molar-refractivity contribution in [1.29, 1.82) is 0 Å². The predicted octanol–water partition coefficient (Wildman–Crippen LogP) is 4.21. The van der Waals surface area contributed by atoms with Crippen molar-refractivity contribution in [1.82, 2.24) is 29.7 Å². The Bertz CT molecular complexity index is 1170. The molecule has 9 nitrogen and oxygen atoms in total. The van der Waals surface area contributed by atoms with E-state index in [1.807, 2.05) is 24.5 Å². The second-order valence-electron chi connectivity index (χ2n) is 10.5. The first kappa shape index (κ1) is 24.7. The van der Waals surface area contributed by atoms with Crippen molar-refractivity contribution in [2.45, 2.75) is 45.3 Å². The molecule has 6 rings (SSSR count). The molecule has 3 aliphatic rings. The Kier molecular flexibility index (Phi) is 7.32. The first-order chi connectivity index (χ1) is 18.2. The number of hydrogen-bond acceptors (Lipinski definition) is 10. The predicted molar refractivity (Wildman–Crippen MR) is 144 cm³/mol. The minimum atomic E-state index is 0.176. The van der Waals surface area contributed by atoms with Crippen LogP contribution in [0.2, 0.25) is 0 Å². The third-order valence-corrected chi connectivity index (χ3v) is 8.79. The molecule has 2 aliphatic heterocycles. The second kappa shape index (κ2) is 11.0. The lowest BCUT2D eigenvalue weighted by atomic mass is 9.72. The lowest BCUT2D eigenvalue weighted by Gasteiger charge is -2.45. The standard InChI is InChI=1S/C27H35N7O2S/c1-2-33-11-13-34(14-12-33)17-20-3-4-24(29-15-20)32-26-30-16-23(37-26)22-7-10-28-25(31-22)36-21-5-8-27(9-6-21)18-35-19-27/h3-4,7,10,15-16,21H,2,5-6,8-9,11-14,17-19H2,1H3,(H,29,30,32). The molecule has 3 aromatic heterocycles. The zero-order valence-corrected chi connectivity index (χ0v) is 22.3. The average molecular weight is 522 g/mol. The number of hydrogen-bond donors (Lipinski definition) is 1. The van der Waals surface area contributed by atoms with Crippen molar-refractivity contribution in [3.63, 3.8) is 0 Å². The lowest BCUT2D eigenvalue weighted by Crippen LogP contribution is -2.46. The highest BCUT2D eigenvalue weighted by molar-refractivity contribution is 7.18. The van der Waals surface area contributed by atoms with Crippen LogP contribution in [0.25, 0.3) is 10.6 Å². The second-order valence-corrected chi connectivity index (χ2v) is 11.5. The molecule has 3 aromatic rings. The van der Waals surface area contributed by atoms with Gasteiger partial charge in [0, 0.05) is 56.7 Å². The maximum absolute atomic E-state index is 6.15. The number of thiazole rings is 1. The molecule has 0 aromatic carbocycles. The third kappa shape index (κ3) is 5.93. The van der Waals surface area contributed by atoms with Crippen molar-refractivity contribution in [2.75, 3.05) is 51.3 Å². The summed E-state index contributed by atoms with van der Waals surface area (Å²) in [6.07, 6.45) is 10.1. The van der Waals surface area contributed by atoms with E-state index in [1.54, 1.807) is 17.5 Å². The van der Waals surface area contributed by atoms with Gasteiger partial charge in [-0.2, -0.15) is 4.98 Å². The number of likely N-dealkylation sites (N-methyl/N-ethyl adjacent to an activating group) is 1. The van der Waals surface area contributed by atoms with Gasteiger partial charge in [-0.3, -0.25) is 4.90 Å². The van der Waals surface area contributed by atoms with Gasteiger partial charge in [-0.15, -0.1) is 0 Å². The van der Waals surface area contributed by atoms with Crippen molar-refractivity contribution in [3.8, 4) is 16.6 Å². The quantitative estimate of drug-likeness (QED) is 0.468. The Morgan fingerprint density at radius 1 is 1.03 bits per heavy atom. The van der Waals surface area contributed by atoms with Crippen LogP contribution in [-0.2, 0) is 11.3 Å². The summed E-state index contributed by atoms with van der Waals surface area (Å²) < 4.78 is 11.6. The molecule has 196 valence electrons. The highest BCUT2D eigenvalue weighted by Gasteiger charge is 2.42. The molecule has 0 atom stereocenters. The zero-order valence-electron chi connectivity index (χ0n) is 21.4. The molecule has 0 bridgehead atoms. The summed E-state index contributed by atoms with van der Waals surface area (Å²) in [5.41, 5.74) is 2.47. The minimum absolute atomic E-state index is 0.176. The van der Waals surface area contributed by atoms with Gasteiger partial charge in [0.05, 0.1) is 23.8 Å². The molecule has 0 amide bonds. The van der Waals surface area contributed by atoms with Crippen LogP contribution in [0.5, 0.6) is 6.01 Å². The van der Waals surface area contributed by atoms with Gasteiger partial charge in [0.25, 0.3) is 0 Å². The summed E-state index contributed by atoms with van der Waals surface area (Å²) in [5.74, 6) is 0.791. The molecule has 1 spiro atoms. The Morgan fingerprint density at radius 3 is 2.54 bits per heavy atom. The molecule has 1 N–H and O–H groups in total. The SMILES string of the molecule is CCN1CCN(Cc2ccc(Nc3ncc(-c4ccnc(OC5CCC6(CC5)COC6)n4)s3)nc2)CC1. The molecular weight excluding hydrogens is 486 g/mol. The number of pyridine rings is 1. The van der Waals surface area contributed by atoms with E-state index in [0.717, 1.165) is 99.7 Å². The van der Waals surface area contributed by atoms with Crippen molar-refractivity contribution in [2.24, 2.45) is 5.41 Å². The maximum atomic E-state index is 6.15. The van der Waals surface area contributed by atoms with E-state index in [1.165, 1.54) is 5.56 Å². The lowest BCUT2D eigenvalue weighted by molar-refractivity contribution is -0.140. The number of aromatic nitrogens is 4. The van der Waals surface area contributed by atoms with E-state index in [0.29, 0.717) is 11.4 Å². The number of rotatable bonds is 8. The smallest absolute Gasteiger partial charge is 0.317 e. The monoisotopic (exact) mass is 521 g/mol. The Morgan fingerprint density at radius 2 is 1.84 bits per heavy atom. The van der Waals surface area contributed by atoms with E-state index >= 15 is 0 Å². The van der Waals surface area contributed by atoms with Crippen LogP contribution in [-0.4, -0.2) is 81.8 Å². The molecule has 3 fully saturated rings. The van der Waals surface area contributed by atoms with Gasteiger partial charge in [0.15, 0.2) is 5.13 Å². The highest BCUT2D eigenvalue weighted by Crippen LogP contribution is 2.43. The number of anilines is 2. The molecule has 37 heavy (non-hydrogen) atoms. The summed E-state index contributed by atoms with van der Waals surface area (Å²) in [6.45, 7) is 10.6. The number of nitrogens with zero attached hydrogens (tertiary/aromatic N) is 6. The van der Waals surface area contributed by atoms with Crippen LogP contribution in [0.3, 0.4) is 0 Å². The highest BCUT2D eigenvalue weighted by atomic mass is 32.1. The fraction of sp³-hybridized carbons (Fsp3) is 0.556. The van der Waals surface area contributed by atoms with Gasteiger partial charge >= 0.3 is 6.01 Å². The number of nitrogens with one attached hydrogen (secondary N) is 1. The molecular formula is C27H35N7O2S. The van der Waals surface area contributed by atoms with E-state index in [9.17, 15) is 0 Å². The normalized spacial score (nSPS) is 20.6. The summed E-state index contributed by atoms with van der Waals surface area (Å²) in [4.78, 5) is 24.1. The molecule has 10 heteroatoms. The molecule has 1 aliphatic carbocycles. The molecule has 2 saturated heterocycles. The van der Waals surface area contributed by atoms with E-state index < -0.39 is 0 Å². The van der Waals surface area contributed by atoms with E-state index in [-0.39, 0.29) is 6.10 Å².